The second-order valence-corrected chi connectivity index (χ2v) is 4.27. The SMILES string of the molecule is NCCc1nc(Cc2ccccc2Br)no1. The molecule has 84 valence electrons. The summed E-state index contributed by atoms with van der Waals surface area (Å²) in [5, 5.41) is 3.91. The largest absolute Gasteiger partial charge is 0.339 e. The molecule has 0 bridgehead atoms. The van der Waals surface area contributed by atoms with Crippen molar-refractivity contribution in [1.29, 1.82) is 0 Å². The molecule has 0 spiro atoms. The highest BCUT2D eigenvalue weighted by atomic mass is 79.9. The molecule has 0 aliphatic rings. The van der Waals surface area contributed by atoms with E-state index in [9.17, 15) is 0 Å². The van der Waals surface area contributed by atoms with Gasteiger partial charge in [0.05, 0.1) is 0 Å². The maximum absolute atomic E-state index is 5.41. The van der Waals surface area contributed by atoms with Crippen molar-refractivity contribution in [2.75, 3.05) is 6.54 Å². The minimum Gasteiger partial charge on any atom is -0.339 e. The molecule has 1 aromatic heterocycles. The molecule has 2 N–H and O–H groups in total. The van der Waals surface area contributed by atoms with Crippen LogP contribution < -0.4 is 5.73 Å². The van der Waals surface area contributed by atoms with E-state index in [-0.39, 0.29) is 0 Å². The van der Waals surface area contributed by atoms with Crippen LogP contribution in [-0.4, -0.2) is 16.7 Å². The fourth-order valence-electron chi connectivity index (χ4n) is 1.40. The molecule has 2 aromatic rings. The van der Waals surface area contributed by atoms with E-state index in [2.05, 4.69) is 26.1 Å². The predicted molar refractivity (Wildman–Crippen MR) is 64.0 cm³/mol. The van der Waals surface area contributed by atoms with Crippen LogP contribution in [0.3, 0.4) is 0 Å². The number of aromatic nitrogens is 2. The second kappa shape index (κ2) is 5.23. The molecule has 0 amide bonds. The van der Waals surface area contributed by atoms with Crippen LogP contribution in [0.25, 0.3) is 0 Å². The second-order valence-electron chi connectivity index (χ2n) is 3.41. The number of nitrogens with zero attached hydrogens (tertiary/aromatic N) is 2. The van der Waals surface area contributed by atoms with Crippen molar-refractivity contribution >= 4 is 15.9 Å². The number of nitrogens with two attached hydrogens (primary N) is 1. The van der Waals surface area contributed by atoms with Crippen molar-refractivity contribution in [3.63, 3.8) is 0 Å². The molecule has 1 aromatic carbocycles. The van der Waals surface area contributed by atoms with E-state index in [0.29, 0.717) is 31.1 Å². The molecular formula is C11H12BrN3O. The number of hydrogen-bond acceptors (Lipinski definition) is 4. The summed E-state index contributed by atoms with van der Waals surface area (Å²) >= 11 is 3.49. The van der Waals surface area contributed by atoms with Crippen molar-refractivity contribution in [3.05, 3.63) is 46.0 Å². The van der Waals surface area contributed by atoms with Gasteiger partial charge in [-0.1, -0.05) is 39.3 Å². The van der Waals surface area contributed by atoms with E-state index in [1.54, 1.807) is 0 Å². The highest BCUT2D eigenvalue weighted by Crippen LogP contribution is 2.18. The van der Waals surface area contributed by atoms with Crippen LogP contribution in [0.15, 0.2) is 33.3 Å². The number of hydrogen-bond donors (Lipinski definition) is 1. The summed E-state index contributed by atoms with van der Waals surface area (Å²) in [7, 11) is 0. The van der Waals surface area contributed by atoms with Crippen LogP contribution in [0, 0.1) is 0 Å². The highest BCUT2D eigenvalue weighted by molar-refractivity contribution is 9.10. The Kier molecular flexibility index (Phi) is 3.69. The van der Waals surface area contributed by atoms with Crippen molar-refractivity contribution in [1.82, 2.24) is 10.1 Å². The van der Waals surface area contributed by atoms with Crippen molar-refractivity contribution in [2.24, 2.45) is 5.73 Å². The molecule has 5 heteroatoms. The van der Waals surface area contributed by atoms with Gasteiger partial charge in [0, 0.05) is 23.9 Å². The standard InChI is InChI=1S/C11H12BrN3O/c12-9-4-2-1-3-8(9)7-10-14-11(5-6-13)16-15-10/h1-4H,5-7,13H2. The highest BCUT2D eigenvalue weighted by Gasteiger charge is 2.07. The van der Waals surface area contributed by atoms with Gasteiger partial charge in [-0.2, -0.15) is 4.98 Å². The summed E-state index contributed by atoms with van der Waals surface area (Å²) < 4.78 is 6.12. The molecule has 0 aliphatic heterocycles. The van der Waals surface area contributed by atoms with E-state index in [1.807, 2.05) is 24.3 Å². The Morgan fingerprint density at radius 2 is 2.12 bits per heavy atom. The van der Waals surface area contributed by atoms with Gasteiger partial charge in [0.1, 0.15) is 0 Å². The van der Waals surface area contributed by atoms with Gasteiger partial charge < -0.3 is 10.3 Å². The molecule has 0 atom stereocenters. The van der Waals surface area contributed by atoms with E-state index in [1.165, 1.54) is 0 Å². The average Bonchev–Trinajstić information content (AvgIpc) is 2.70. The van der Waals surface area contributed by atoms with Gasteiger partial charge in [0.25, 0.3) is 0 Å². The Balaban J connectivity index is 2.11. The van der Waals surface area contributed by atoms with Gasteiger partial charge >= 0.3 is 0 Å². The lowest BCUT2D eigenvalue weighted by Crippen LogP contribution is -2.02. The minimum absolute atomic E-state index is 0.524. The third kappa shape index (κ3) is 2.68. The number of halogens is 1. The van der Waals surface area contributed by atoms with Crippen LogP contribution in [0.5, 0.6) is 0 Å². The predicted octanol–water partition coefficient (Wildman–Crippen LogP) is 1.92. The van der Waals surface area contributed by atoms with Crippen molar-refractivity contribution < 1.29 is 4.52 Å². The molecule has 0 saturated carbocycles. The first kappa shape index (κ1) is 11.3. The molecule has 0 saturated heterocycles. The lowest BCUT2D eigenvalue weighted by Gasteiger charge is -1.99. The zero-order valence-corrected chi connectivity index (χ0v) is 10.3. The Hall–Kier alpha value is -1.20. The Morgan fingerprint density at radius 1 is 1.31 bits per heavy atom. The Morgan fingerprint density at radius 3 is 2.88 bits per heavy atom. The zero-order chi connectivity index (χ0) is 11.4. The summed E-state index contributed by atoms with van der Waals surface area (Å²) in [6, 6.07) is 7.99. The van der Waals surface area contributed by atoms with Crippen LogP contribution in [0.2, 0.25) is 0 Å². The summed E-state index contributed by atoms with van der Waals surface area (Å²) in [5.74, 6) is 1.29. The van der Waals surface area contributed by atoms with Crippen molar-refractivity contribution in [3.8, 4) is 0 Å². The van der Waals surface area contributed by atoms with Gasteiger partial charge in [0.2, 0.25) is 5.89 Å². The van der Waals surface area contributed by atoms with E-state index in [0.717, 1.165) is 10.0 Å². The number of rotatable bonds is 4. The third-order valence-electron chi connectivity index (χ3n) is 2.17. The quantitative estimate of drug-likeness (QED) is 0.930. The number of benzene rings is 1. The first-order valence-electron chi connectivity index (χ1n) is 5.04. The normalized spacial score (nSPS) is 10.6. The maximum Gasteiger partial charge on any atom is 0.227 e. The average molecular weight is 282 g/mol. The summed E-state index contributed by atoms with van der Waals surface area (Å²) in [5.41, 5.74) is 6.55. The first-order valence-corrected chi connectivity index (χ1v) is 5.84. The third-order valence-corrected chi connectivity index (χ3v) is 2.95. The molecule has 0 unspecified atom stereocenters. The fourth-order valence-corrected chi connectivity index (χ4v) is 1.82. The van der Waals surface area contributed by atoms with E-state index >= 15 is 0 Å². The lowest BCUT2D eigenvalue weighted by molar-refractivity contribution is 0.375. The van der Waals surface area contributed by atoms with Crippen LogP contribution in [0.4, 0.5) is 0 Å². The molecular weight excluding hydrogens is 270 g/mol. The summed E-state index contributed by atoms with van der Waals surface area (Å²) in [6.07, 6.45) is 1.29. The van der Waals surface area contributed by atoms with E-state index < -0.39 is 0 Å². The van der Waals surface area contributed by atoms with Gasteiger partial charge in [0.15, 0.2) is 5.82 Å². The zero-order valence-electron chi connectivity index (χ0n) is 8.69. The topological polar surface area (TPSA) is 64.9 Å². The smallest absolute Gasteiger partial charge is 0.227 e. The lowest BCUT2D eigenvalue weighted by atomic mass is 10.1. The van der Waals surface area contributed by atoms with Gasteiger partial charge in [-0.15, -0.1) is 0 Å². The Bertz CT molecular complexity index is 470. The van der Waals surface area contributed by atoms with Crippen LogP contribution in [0.1, 0.15) is 17.3 Å². The molecule has 0 aliphatic carbocycles. The first-order chi connectivity index (χ1) is 7.79. The fraction of sp³-hybridized carbons (Fsp3) is 0.273. The van der Waals surface area contributed by atoms with E-state index in [4.69, 9.17) is 10.3 Å². The van der Waals surface area contributed by atoms with Crippen LogP contribution >= 0.6 is 15.9 Å². The molecule has 16 heavy (non-hydrogen) atoms. The molecule has 2 rings (SSSR count). The maximum atomic E-state index is 5.41. The molecule has 4 nitrogen and oxygen atoms in total. The van der Waals surface area contributed by atoms with Gasteiger partial charge in [-0.3, -0.25) is 0 Å². The molecule has 0 radical (unpaired) electrons. The van der Waals surface area contributed by atoms with Crippen LogP contribution in [-0.2, 0) is 12.8 Å². The summed E-state index contributed by atoms with van der Waals surface area (Å²) in [6.45, 7) is 0.524. The van der Waals surface area contributed by atoms with Crippen molar-refractivity contribution in [2.45, 2.75) is 12.8 Å². The molecule has 0 fully saturated rings. The minimum atomic E-state index is 0.524. The monoisotopic (exact) mass is 281 g/mol. The summed E-state index contributed by atoms with van der Waals surface area (Å²) in [4.78, 5) is 4.26. The Labute approximate surface area is 102 Å². The molecule has 1 heterocycles. The van der Waals surface area contributed by atoms with Gasteiger partial charge in [-0.25, -0.2) is 0 Å². The van der Waals surface area contributed by atoms with Gasteiger partial charge in [-0.05, 0) is 11.6 Å².